The minimum atomic E-state index is -4.70. The Bertz CT molecular complexity index is 3250. The van der Waals surface area contributed by atoms with Crippen molar-refractivity contribution in [1.29, 1.82) is 0 Å². The predicted molar refractivity (Wildman–Crippen MR) is 275 cm³/mol. The number of nitrogens with one attached hydrogen (secondary N) is 2. The summed E-state index contributed by atoms with van der Waals surface area (Å²) in [6, 6.07) is 10.7. The van der Waals surface area contributed by atoms with Gasteiger partial charge in [0.05, 0.1) is 6.26 Å². The highest BCUT2D eigenvalue weighted by atomic mass is 32.2. The standard InChI is InChI=1S/C51H53F2N7O10S5/c1-73(65,66)58(22-32-24-71-48-44(32)74(67,68)56-46(54-48)38-42(61)36-28-4-2-6-30(14-12-28)40(36)59(50(38)63)20-26-8-16-34(52)17-9-26)23-33-25-72-49-45(33)75(69,70)57-47(55-49)39-43(62)37-29-5-3-7-31(15-13-29)41(37)60(51(39)64)21-27-10-18-35(53)19-11-27/h8-11,16-19,24-25,28-31,36-41H,2-7,12-15,20-23H2,1H3,(H,54,56)(H,55,57). The third kappa shape index (κ3) is 8.78. The highest BCUT2D eigenvalue weighted by Gasteiger charge is 2.59. The van der Waals surface area contributed by atoms with Crippen LogP contribution in [0.4, 0.5) is 18.8 Å². The number of Topliss-reactive ketones (excluding diaryl/α,β-unsaturated/α-hetero) is 2. The number of carbonyl (C=O) groups is 4. The van der Waals surface area contributed by atoms with Gasteiger partial charge >= 0.3 is 0 Å². The fraction of sp³-hybridized carbons (Fsp3) is 0.490. The van der Waals surface area contributed by atoms with Crippen LogP contribution in [0, 0.1) is 59.0 Å². The van der Waals surface area contributed by atoms with Gasteiger partial charge in [0.25, 0.3) is 20.0 Å². The Kier molecular flexibility index (Phi) is 12.6. The average Bonchev–Trinajstić information content (AvgIpc) is 3.60. The van der Waals surface area contributed by atoms with Crippen LogP contribution >= 0.6 is 22.7 Å². The van der Waals surface area contributed by atoms with E-state index in [4.69, 9.17) is 0 Å². The number of benzene rings is 2. The molecule has 17 nitrogen and oxygen atoms in total. The summed E-state index contributed by atoms with van der Waals surface area (Å²) in [6.45, 7) is -0.937. The van der Waals surface area contributed by atoms with Gasteiger partial charge < -0.3 is 20.4 Å². The average molecular weight is 1120 g/mol. The van der Waals surface area contributed by atoms with E-state index in [-0.39, 0.29) is 79.4 Å². The van der Waals surface area contributed by atoms with Crippen molar-refractivity contribution in [2.24, 2.45) is 56.1 Å². The van der Waals surface area contributed by atoms with Crippen LogP contribution in [0.15, 0.2) is 77.9 Å². The van der Waals surface area contributed by atoms with Crippen LogP contribution in [0.1, 0.15) is 86.5 Å². The number of amides is 2. The fourth-order valence-electron chi connectivity index (χ4n) is 13.9. The van der Waals surface area contributed by atoms with Gasteiger partial charge in [-0.15, -0.1) is 31.5 Å². The highest BCUT2D eigenvalue weighted by molar-refractivity contribution is 7.91. The first-order valence-electron chi connectivity index (χ1n) is 25.3. The zero-order valence-electron chi connectivity index (χ0n) is 40.6. The van der Waals surface area contributed by atoms with Crippen molar-refractivity contribution < 1.29 is 53.2 Å². The van der Waals surface area contributed by atoms with Gasteiger partial charge in [-0.2, -0.15) is 21.1 Å². The molecule has 396 valence electrons. The van der Waals surface area contributed by atoms with Gasteiger partial charge in [0.15, 0.2) is 23.4 Å². The first-order chi connectivity index (χ1) is 35.8. The zero-order valence-corrected chi connectivity index (χ0v) is 44.6. The van der Waals surface area contributed by atoms with Crippen molar-refractivity contribution in [2.75, 3.05) is 16.9 Å². The summed E-state index contributed by atoms with van der Waals surface area (Å²) in [5.74, 6) is -7.79. The normalized spacial score (nSPS) is 30.6. The highest BCUT2D eigenvalue weighted by Crippen LogP contribution is 2.52. The van der Waals surface area contributed by atoms with E-state index >= 15 is 0 Å². The molecular weight excluding hydrogens is 1070 g/mol. The topological polar surface area (TPSA) is 229 Å². The second-order valence-corrected chi connectivity index (χ2v) is 28.3. The molecule has 2 amide bonds. The van der Waals surface area contributed by atoms with E-state index in [1.54, 1.807) is 34.1 Å². The van der Waals surface area contributed by atoms with Crippen LogP contribution in [0.3, 0.4) is 0 Å². The van der Waals surface area contributed by atoms with Gasteiger partial charge in [-0.1, -0.05) is 37.1 Å². The number of carbonyl (C=O) groups excluding carboxylic acids is 4. The summed E-state index contributed by atoms with van der Waals surface area (Å²) in [7, 11) is -13.6. The van der Waals surface area contributed by atoms with Gasteiger partial charge in [0, 0.05) is 61.2 Å². The van der Waals surface area contributed by atoms with Crippen LogP contribution < -0.4 is 10.6 Å². The Morgan fingerprint density at radius 1 is 0.600 bits per heavy atom. The van der Waals surface area contributed by atoms with Crippen molar-refractivity contribution >= 4 is 97.8 Å². The number of amidine groups is 2. The molecule has 0 radical (unpaired) electrons. The lowest BCUT2D eigenvalue weighted by molar-refractivity contribution is -0.159. The number of hydrogen-bond donors (Lipinski definition) is 2. The molecule has 4 aliphatic heterocycles. The zero-order chi connectivity index (χ0) is 52.5. The van der Waals surface area contributed by atoms with Crippen molar-refractivity contribution in [3.05, 3.63) is 93.2 Å². The Labute approximate surface area is 441 Å². The Hall–Kier alpha value is -5.27. The molecule has 6 heterocycles. The Morgan fingerprint density at radius 2 is 0.973 bits per heavy atom. The molecule has 14 rings (SSSR count). The molecular formula is C51H53F2N7O10S5. The summed E-state index contributed by atoms with van der Waals surface area (Å²) in [5.41, 5.74) is 1.31. The minimum absolute atomic E-state index is 0.00604. The maximum absolute atomic E-state index is 14.7. The fourth-order valence-corrected chi connectivity index (χ4v) is 19.9. The quantitative estimate of drug-likeness (QED) is 0.146. The second-order valence-electron chi connectivity index (χ2n) is 21.5. The SMILES string of the molecule is CS(=O)(=O)N(Cc1csc2c1S(=O)(=O)N=C(C1C(=O)C3C4CCCC(CC4)C3N(Cc3ccc(F)cc3)C1=O)N2)Cc1csc2c1S(=O)(=O)N=C(C1C(=O)C3C4CCCC(CC4)C3N(Cc3ccc(F)cc3)C1=O)N2. The molecule has 0 spiro atoms. The Morgan fingerprint density at radius 3 is 1.36 bits per heavy atom. The van der Waals surface area contributed by atoms with Crippen LogP contribution in [-0.2, 0) is 75.4 Å². The van der Waals surface area contributed by atoms with Crippen LogP contribution in [0.5, 0.6) is 0 Å². The molecule has 10 unspecified atom stereocenters. The number of rotatable bonds is 11. The molecule has 2 aromatic heterocycles. The summed E-state index contributed by atoms with van der Waals surface area (Å²) in [4.78, 5) is 61.3. The number of likely N-dealkylation sites (tertiary alicyclic amines) is 2. The summed E-state index contributed by atoms with van der Waals surface area (Å²) in [5, 5.41) is 8.85. The molecule has 8 fully saturated rings. The number of fused-ring (bicyclic) bond motifs is 8. The molecule has 75 heavy (non-hydrogen) atoms. The molecule has 2 saturated heterocycles. The van der Waals surface area contributed by atoms with Gasteiger partial charge in [0.1, 0.15) is 43.1 Å². The van der Waals surface area contributed by atoms with Crippen LogP contribution in [0.25, 0.3) is 0 Å². The summed E-state index contributed by atoms with van der Waals surface area (Å²) >= 11 is 1.84. The van der Waals surface area contributed by atoms with E-state index in [0.29, 0.717) is 11.1 Å². The molecule has 2 N–H and O–H groups in total. The monoisotopic (exact) mass is 1120 g/mol. The largest absolute Gasteiger partial charge is 0.333 e. The molecule has 6 aliphatic carbocycles. The van der Waals surface area contributed by atoms with Gasteiger partial charge in [-0.3, -0.25) is 19.2 Å². The number of hydrogen-bond acceptors (Lipinski definition) is 14. The number of sulfonamides is 3. The van der Waals surface area contributed by atoms with E-state index in [1.165, 1.54) is 35.0 Å². The number of nitrogens with zero attached hydrogens (tertiary/aromatic N) is 5. The summed E-state index contributed by atoms with van der Waals surface area (Å²) in [6.07, 6.45) is 9.22. The maximum atomic E-state index is 14.7. The van der Waals surface area contributed by atoms with E-state index in [9.17, 15) is 53.2 Å². The lowest BCUT2D eigenvalue weighted by atomic mass is 9.64. The predicted octanol–water partition coefficient (Wildman–Crippen LogP) is 6.92. The molecule has 10 atom stereocenters. The lowest BCUT2D eigenvalue weighted by Gasteiger charge is -2.51. The van der Waals surface area contributed by atoms with Crippen LogP contribution in [0.2, 0.25) is 0 Å². The molecule has 24 heteroatoms. The maximum Gasteiger partial charge on any atom is 0.287 e. The number of thiophene rings is 2. The van der Waals surface area contributed by atoms with E-state index in [0.717, 1.165) is 97.4 Å². The van der Waals surface area contributed by atoms with E-state index in [1.807, 2.05) is 0 Å². The molecule has 2 aromatic carbocycles. The summed E-state index contributed by atoms with van der Waals surface area (Å²) < 4.78 is 122. The van der Waals surface area contributed by atoms with Crippen molar-refractivity contribution in [1.82, 2.24) is 14.1 Å². The molecule has 10 aliphatic rings. The first-order valence-corrected chi connectivity index (χ1v) is 31.8. The smallest absolute Gasteiger partial charge is 0.287 e. The van der Waals surface area contributed by atoms with E-state index < -0.39 is 114 Å². The number of anilines is 2. The third-order valence-electron chi connectivity index (χ3n) is 17.2. The number of piperidine rings is 2. The number of halogens is 2. The van der Waals surface area contributed by atoms with Crippen molar-refractivity contribution in [3.63, 3.8) is 0 Å². The third-order valence-corrected chi connectivity index (χ3v) is 23.3. The molecule has 4 aromatic rings. The van der Waals surface area contributed by atoms with Crippen LogP contribution in [-0.4, -0.2) is 92.7 Å². The van der Waals surface area contributed by atoms with Gasteiger partial charge in [0.2, 0.25) is 21.8 Å². The first kappa shape index (κ1) is 50.5. The van der Waals surface area contributed by atoms with Crippen molar-refractivity contribution in [3.8, 4) is 0 Å². The van der Waals surface area contributed by atoms with Gasteiger partial charge in [-0.05, 0) is 121 Å². The van der Waals surface area contributed by atoms with Crippen molar-refractivity contribution in [2.45, 2.75) is 112 Å². The van der Waals surface area contributed by atoms with E-state index in [2.05, 4.69) is 19.4 Å². The lowest BCUT2D eigenvalue weighted by Crippen LogP contribution is -2.64. The van der Waals surface area contributed by atoms with Gasteiger partial charge in [-0.25, -0.2) is 17.2 Å². The minimum Gasteiger partial charge on any atom is -0.333 e. The molecule has 4 bridgehead atoms. The second kappa shape index (κ2) is 18.7. The number of ketones is 2. The molecule has 6 saturated carbocycles. The Balaban J connectivity index is 0.813.